The summed E-state index contributed by atoms with van der Waals surface area (Å²) in [6, 6.07) is 5.32. The van der Waals surface area contributed by atoms with Gasteiger partial charge in [-0.2, -0.15) is 0 Å². The van der Waals surface area contributed by atoms with Crippen LogP contribution in [0.1, 0.15) is 19.4 Å². The van der Waals surface area contributed by atoms with Crippen LogP contribution in [-0.2, 0) is 11.3 Å². The molecule has 0 aliphatic rings. The van der Waals surface area contributed by atoms with Gasteiger partial charge in [-0.05, 0) is 19.9 Å². The summed E-state index contributed by atoms with van der Waals surface area (Å²) < 4.78 is 16.1. The Kier molecular flexibility index (Phi) is 7.25. The maximum absolute atomic E-state index is 9.67. The molecular formula is C14H22O5. The van der Waals surface area contributed by atoms with Gasteiger partial charge in [-0.1, -0.05) is 12.1 Å². The van der Waals surface area contributed by atoms with Crippen LogP contribution in [-0.4, -0.2) is 42.7 Å². The average molecular weight is 270 g/mol. The summed E-state index contributed by atoms with van der Waals surface area (Å²) in [4.78, 5) is 0. The summed E-state index contributed by atoms with van der Waals surface area (Å²) in [6.45, 7) is 4.97. The van der Waals surface area contributed by atoms with Gasteiger partial charge in [0.15, 0.2) is 11.5 Å². The van der Waals surface area contributed by atoms with Crippen molar-refractivity contribution in [3.63, 3.8) is 0 Å². The van der Waals surface area contributed by atoms with Gasteiger partial charge in [0.2, 0.25) is 0 Å². The van der Waals surface area contributed by atoms with E-state index in [0.29, 0.717) is 30.3 Å². The molecule has 1 atom stereocenters. The van der Waals surface area contributed by atoms with Gasteiger partial charge >= 0.3 is 0 Å². The molecule has 0 amide bonds. The highest BCUT2D eigenvalue weighted by Crippen LogP contribution is 2.31. The molecule has 1 aromatic rings. The molecule has 0 saturated heterocycles. The minimum atomic E-state index is -0.707. The number of aliphatic hydroxyl groups excluding tert-OH is 2. The van der Waals surface area contributed by atoms with Crippen molar-refractivity contribution in [1.29, 1.82) is 0 Å². The standard InChI is InChI=1S/C14H22O5/c1-3-17-9-12(16)10-19-14-11(8-15)6-5-7-13(14)18-4-2/h5-7,12,15-16H,3-4,8-10H2,1-2H3. The van der Waals surface area contributed by atoms with E-state index in [9.17, 15) is 10.2 Å². The largest absolute Gasteiger partial charge is 0.490 e. The first-order chi connectivity index (χ1) is 9.22. The third-order valence-corrected chi connectivity index (χ3v) is 2.47. The lowest BCUT2D eigenvalue weighted by molar-refractivity contribution is 0.0154. The number of para-hydroxylation sites is 1. The van der Waals surface area contributed by atoms with Crippen molar-refractivity contribution in [2.75, 3.05) is 26.4 Å². The van der Waals surface area contributed by atoms with E-state index in [1.54, 1.807) is 18.2 Å². The Labute approximate surface area is 113 Å². The summed E-state index contributed by atoms with van der Waals surface area (Å²) in [5, 5.41) is 19.0. The van der Waals surface area contributed by atoms with Gasteiger partial charge in [0.25, 0.3) is 0 Å². The van der Waals surface area contributed by atoms with Crippen LogP contribution in [0.4, 0.5) is 0 Å². The zero-order chi connectivity index (χ0) is 14.1. The van der Waals surface area contributed by atoms with Crippen molar-refractivity contribution in [2.24, 2.45) is 0 Å². The van der Waals surface area contributed by atoms with Gasteiger partial charge in [-0.3, -0.25) is 0 Å². The van der Waals surface area contributed by atoms with E-state index in [2.05, 4.69) is 0 Å². The van der Waals surface area contributed by atoms with E-state index in [4.69, 9.17) is 14.2 Å². The van der Waals surface area contributed by atoms with Crippen molar-refractivity contribution in [3.05, 3.63) is 23.8 Å². The van der Waals surface area contributed by atoms with Crippen molar-refractivity contribution in [2.45, 2.75) is 26.6 Å². The van der Waals surface area contributed by atoms with Gasteiger partial charge in [0.1, 0.15) is 12.7 Å². The summed E-state index contributed by atoms with van der Waals surface area (Å²) >= 11 is 0. The Morgan fingerprint density at radius 1 is 1.11 bits per heavy atom. The highest BCUT2D eigenvalue weighted by Gasteiger charge is 2.13. The van der Waals surface area contributed by atoms with Crippen LogP contribution in [0.2, 0.25) is 0 Å². The van der Waals surface area contributed by atoms with Crippen LogP contribution in [0.15, 0.2) is 18.2 Å². The van der Waals surface area contributed by atoms with Crippen LogP contribution in [0, 0.1) is 0 Å². The molecule has 1 rings (SSSR count). The maximum atomic E-state index is 9.67. The highest BCUT2D eigenvalue weighted by atomic mass is 16.5. The molecule has 1 aromatic carbocycles. The Morgan fingerprint density at radius 2 is 1.89 bits per heavy atom. The molecule has 0 spiro atoms. The van der Waals surface area contributed by atoms with Crippen molar-refractivity contribution >= 4 is 0 Å². The maximum Gasteiger partial charge on any atom is 0.166 e. The zero-order valence-electron chi connectivity index (χ0n) is 11.5. The fourth-order valence-corrected chi connectivity index (χ4v) is 1.60. The van der Waals surface area contributed by atoms with E-state index in [-0.39, 0.29) is 19.8 Å². The molecule has 0 aliphatic heterocycles. The fraction of sp³-hybridized carbons (Fsp3) is 0.571. The first kappa shape index (κ1) is 15.8. The van der Waals surface area contributed by atoms with Gasteiger partial charge in [0, 0.05) is 12.2 Å². The fourth-order valence-electron chi connectivity index (χ4n) is 1.60. The van der Waals surface area contributed by atoms with Crippen LogP contribution in [0.25, 0.3) is 0 Å². The Bertz CT molecular complexity index is 367. The summed E-state index contributed by atoms with van der Waals surface area (Å²) in [7, 11) is 0. The molecule has 0 heterocycles. The second-order valence-electron chi connectivity index (χ2n) is 3.96. The number of hydrogen-bond donors (Lipinski definition) is 2. The number of hydrogen-bond acceptors (Lipinski definition) is 5. The Morgan fingerprint density at radius 3 is 2.53 bits per heavy atom. The zero-order valence-corrected chi connectivity index (χ0v) is 11.5. The number of ether oxygens (including phenoxy) is 3. The van der Waals surface area contributed by atoms with Crippen LogP contribution < -0.4 is 9.47 Å². The number of aliphatic hydroxyl groups is 2. The Balaban J connectivity index is 2.69. The number of benzene rings is 1. The van der Waals surface area contributed by atoms with Crippen molar-refractivity contribution < 1.29 is 24.4 Å². The van der Waals surface area contributed by atoms with Gasteiger partial charge in [-0.25, -0.2) is 0 Å². The average Bonchev–Trinajstić information content (AvgIpc) is 2.43. The predicted molar refractivity (Wildman–Crippen MR) is 71.5 cm³/mol. The molecular weight excluding hydrogens is 248 g/mol. The van der Waals surface area contributed by atoms with E-state index in [1.165, 1.54) is 0 Å². The third-order valence-electron chi connectivity index (χ3n) is 2.47. The van der Waals surface area contributed by atoms with E-state index >= 15 is 0 Å². The van der Waals surface area contributed by atoms with Gasteiger partial charge in [0.05, 0.1) is 19.8 Å². The Hall–Kier alpha value is -1.30. The lowest BCUT2D eigenvalue weighted by atomic mass is 10.2. The number of rotatable bonds is 9. The molecule has 0 saturated carbocycles. The quantitative estimate of drug-likeness (QED) is 0.709. The molecule has 0 radical (unpaired) electrons. The second-order valence-corrected chi connectivity index (χ2v) is 3.96. The molecule has 1 unspecified atom stereocenters. The third kappa shape index (κ3) is 5.06. The molecule has 0 aromatic heterocycles. The molecule has 5 nitrogen and oxygen atoms in total. The molecule has 0 bridgehead atoms. The van der Waals surface area contributed by atoms with E-state index in [1.807, 2.05) is 13.8 Å². The monoisotopic (exact) mass is 270 g/mol. The molecule has 108 valence electrons. The highest BCUT2D eigenvalue weighted by molar-refractivity contribution is 5.46. The first-order valence-electron chi connectivity index (χ1n) is 6.47. The summed E-state index contributed by atoms with van der Waals surface area (Å²) in [6.07, 6.45) is -0.707. The van der Waals surface area contributed by atoms with Gasteiger partial charge < -0.3 is 24.4 Å². The lowest BCUT2D eigenvalue weighted by Crippen LogP contribution is -2.24. The SMILES string of the molecule is CCOCC(O)COc1c(CO)cccc1OCC. The minimum absolute atomic E-state index is 0.0943. The van der Waals surface area contributed by atoms with Crippen molar-refractivity contribution in [3.8, 4) is 11.5 Å². The summed E-state index contributed by atoms with van der Waals surface area (Å²) in [5.74, 6) is 1.04. The molecule has 0 aliphatic carbocycles. The van der Waals surface area contributed by atoms with E-state index < -0.39 is 6.10 Å². The van der Waals surface area contributed by atoms with Crippen molar-refractivity contribution in [1.82, 2.24) is 0 Å². The molecule has 5 heteroatoms. The topological polar surface area (TPSA) is 68.2 Å². The smallest absolute Gasteiger partial charge is 0.166 e. The van der Waals surface area contributed by atoms with Crippen LogP contribution >= 0.6 is 0 Å². The first-order valence-corrected chi connectivity index (χ1v) is 6.47. The van der Waals surface area contributed by atoms with E-state index in [0.717, 1.165) is 0 Å². The predicted octanol–water partition coefficient (Wildman–Crippen LogP) is 1.35. The minimum Gasteiger partial charge on any atom is -0.490 e. The van der Waals surface area contributed by atoms with Crippen LogP contribution in [0.5, 0.6) is 11.5 Å². The second kappa shape index (κ2) is 8.74. The normalized spacial score (nSPS) is 12.2. The molecule has 0 fully saturated rings. The summed E-state index contributed by atoms with van der Waals surface area (Å²) in [5.41, 5.74) is 0.634. The lowest BCUT2D eigenvalue weighted by Gasteiger charge is -2.17. The molecule has 19 heavy (non-hydrogen) atoms. The van der Waals surface area contributed by atoms with Crippen LogP contribution in [0.3, 0.4) is 0 Å². The molecule has 2 N–H and O–H groups in total. The van der Waals surface area contributed by atoms with Gasteiger partial charge in [-0.15, -0.1) is 0 Å².